The summed E-state index contributed by atoms with van der Waals surface area (Å²) in [6.07, 6.45) is 3.03. The molecular weight excluding hydrogens is 220 g/mol. The lowest BCUT2D eigenvalue weighted by atomic mass is 10.2. The van der Waals surface area contributed by atoms with Gasteiger partial charge in [-0.25, -0.2) is 0 Å². The number of methoxy groups -OCH3 is 2. The molecule has 0 N–H and O–H groups in total. The minimum absolute atomic E-state index is 0.152. The highest BCUT2D eigenvalue weighted by molar-refractivity contribution is 5.42. The first-order valence-corrected chi connectivity index (χ1v) is 5.83. The highest BCUT2D eigenvalue weighted by Gasteiger charge is 2.16. The summed E-state index contributed by atoms with van der Waals surface area (Å²) in [6, 6.07) is 5.48. The van der Waals surface area contributed by atoms with Crippen molar-refractivity contribution in [1.29, 1.82) is 0 Å². The monoisotopic (exact) mass is 238 g/mol. The maximum atomic E-state index is 5.76. The van der Waals surface area contributed by atoms with E-state index in [1.807, 2.05) is 18.2 Å². The van der Waals surface area contributed by atoms with Crippen molar-refractivity contribution in [1.82, 2.24) is 0 Å². The van der Waals surface area contributed by atoms with Gasteiger partial charge in [0.05, 0.1) is 20.8 Å². The second-order valence-electron chi connectivity index (χ2n) is 3.96. The molecule has 1 saturated heterocycles. The van der Waals surface area contributed by atoms with Gasteiger partial charge in [-0.1, -0.05) is 0 Å². The molecule has 0 bridgehead atoms. The van der Waals surface area contributed by atoms with E-state index in [2.05, 4.69) is 0 Å². The normalized spacial score (nSPS) is 19.8. The van der Waals surface area contributed by atoms with Gasteiger partial charge in [0.2, 0.25) is 0 Å². The lowest BCUT2D eigenvalue weighted by Gasteiger charge is -2.23. The third-order valence-electron chi connectivity index (χ3n) is 2.73. The van der Waals surface area contributed by atoms with Gasteiger partial charge >= 0.3 is 0 Å². The van der Waals surface area contributed by atoms with Gasteiger partial charge in [0.15, 0.2) is 6.29 Å². The molecule has 0 spiro atoms. The fraction of sp³-hybridized carbons (Fsp3) is 0.538. The van der Waals surface area contributed by atoms with E-state index >= 15 is 0 Å². The molecule has 1 aliphatic rings. The Kier molecular flexibility index (Phi) is 4.09. The number of benzene rings is 1. The number of ether oxygens (including phenoxy) is 4. The quantitative estimate of drug-likeness (QED) is 0.808. The van der Waals surface area contributed by atoms with Crippen molar-refractivity contribution < 1.29 is 18.9 Å². The molecule has 1 heterocycles. The van der Waals surface area contributed by atoms with E-state index in [9.17, 15) is 0 Å². The molecule has 1 atom stereocenters. The molecule has 4 heteroatoms. The van der Waals surface area contributed by atoms with Gasteiger partial charge in [0, 0.05) is 24.6 Å². The van der Waals surface area contributed by atoms with Crippen LogP contribution >= 0.6 is 0 Å². The highest BCUT2D eigenvalue weighted by Crippen LogP contribution is 2.29. The van der Waals surface area contributed by atoms with Gasteiger partial charge in [-0.2, -0.15) is 0 Å². The zero-order valence-corrected chi connectivity index (χ0v) is 10.3. The minimum atomic E-state index is -0.152. The van der Waals surface area contributed by atoms with Crippen LogP contribution in [0.3, 0.4) is 0 Å². The van der Waals surface area contributed by atoms with Crippen LogP contribution in [-0.2, 0) is 4.74 Å². The molecule has 1 aliphatic heterocycles. The Labute approximate surface area is 101 Å². The molecule has 0 saturated carbocycles. The van der Waals surface area contributed by atoms with Crippen molar-refractivity contribution in [2.75, 3.05) is 20.8 Å². The number of hydrogen-bond donors (Lipinski definition) is 0. The van der Waals surface area contributed by atoms with Crippen LogP contribution in [0.15, 0.2) is 18.2 Å². The van der Waals surface area contributed by atoms with E-state index in [-0.39, 0.29) is 6.29 Å². The molecule has 0 aliphatic carbocycles. The van der Waals surface area contributed by atoms with Crippen LogP contribution in [-0.4, -0.2) is 27.1 Å². The Morgan fingerprint density at radius 3 is 2.18 bits per heavy atom. The standard InChI is InChI=1S/C13H18O4/c1-14-10-7-11(15-2)9-12(8-10)17-13-5-3-4-6-16-13/h7-9,13H,3-6H2,1-2H3. The van der Waals surface area contributed by atoms with Crippen LogP contribution in [0.25, 0.3) is 0 Å². The van der Waals surface area contributed by atoms with Crippen molar-refractivity contribution in [3.05, 3.63) is 18.2 Å². The van der Waals surface area contributed by atoms with Crippen LogP contribution in [0.4, 0.5) is 0 Å². The molecule has 0 radical (unpaired) electrons. The van der Waals surface area contributed by atoms with Crippen molar-refractivity contribution in [3.8, 4) is 17.2 Å². The van der Waals surface area contributed by atoms with Crippen molar-refractivity contribution in [2.24, 2.45) is 0 Å². The average molecular weight is 238 g/mol. The highest BCUT2D eigenvalue weighted by atomic mass is 16.7. The fourth-order valence-electron chi connectivity index (χ4n) is 1.81. The first kappa shape index (κ1) is 12.0. The molecule has 0 amide bonds. The van der Waals surface area contributed by atoms with Crippen LogP contribution in [0, 0.1) is 0 Å². The molecule has 94 valence electrons. The molecule has 1 aromatic carbocycles. The van der Waals surface area contributed by atoms with Gasteiger partial charge in [-0.15, -0.1) is 0 Å². The van der Waals surface area contributed by atoms with E-state index in [0.717, 1.165) is 37.4 Å². The maximum Gasteiger partial charge on any atom is 0.199 e. The summed E-state index contributed by atoms with van der Waals surface area (Å²) in [6.45, 7) is 0.770. The van der Waals surface area contributed by atoms with E-state index in [4.69, 9.17) is 18.9 Å². The first-order chi connectivity index (χ1) is 8.31. The van der Waals surface area contributed by atoms with Crippen LogP contribution in [0.1, 0.15) is 19.3 Å². The van der Waals surface area contributed by atoms with Crippen molar-refractivity contribution in [2.45, 2.75) is 25.6 Å². The molecule has 1 fully saturated rings. The van der Waals surface area contributed by atoms with Gasteiger partial charge in [0.25, 0.3) is 0 Å². The predicted molar refractivity (Wildman–Crippen MR) is 63.8 cm³/mol. The molecule has 4 nitrogen and oxygen atoms in total. The van der Waals surface area contributed by atoms with Crippen LogP contribution in [0.5, 0.6) is 17.2 Å². The summed E-state index contributed by atoms with van der Waals surface area (Å²) < 4.78 is 21.7. The SMILES string of the molecule is COc1cc(OC)cc(OC2CCCCO2)c1. The van der Waals surface area contributed by atoms with E-state index in [0.29, 0.717) is 5.75 Å². The first-order valence-electron chi connectivity index (χ1n) is 5.83. The molecule has 0 aromatic heterocycles. The van der Waals surface area contributed by atoms with Gasteiger partial charge in [-0.05, 0) is 12.8 Å². The fourth-order valence-corrected chi connectivity index (χ4v) is 1.81. The predicted octanol–water partition coefficient (Wildman–Crippen LogP) is 2.61. The summed E-state index contributed by atoms with van der Waals surface area (Å²) in [4.78, 5) is 0. The van der Waals surface area contributed by atoms with Gasteiger partial charge in [0.1, 0.15) is 17.2 Å². The topological polar surface area (TPSA) is 36.9 Å². The Balaban J connectivity index is 2.07. The zero-order valence-electron chi connectivity index (χ0n) is 10.3. The second-order valence-corrected chi connectivity index (χ2v) is 3.96. The lowest BCUT2D eigenvalue weighted by Crippen LogP contribution is -2.24. The average Bonchev–Trinajstić information content (AvgIpc) is 2.39. The third-order valence-corrected chi connectivity index (χ3v) is 2.73. The molecule has 1 unspecified atom stereocenters. The van der Waals surface area contributed by atoms with Gasteiger partial charge in [-0.3, -0.25) is 0 Å². The Hall–Kier alpha value is -1.42. The summed E-state index contributed by atoms with van der Waals surface area (Å²) in [7, 11) is 3.24. The largest absolute Gasteiger partial charge is 0.496 e. The summed E-state index contributed by atoms with van der Waals surface area (Å²) in [5.41, 5.74) is 0. The summed E-state index contributed by atoms with van der Waals surface area (Å²) in [5, 5.41) is 0. The van der Waals surface area contributed by atoms with E-state index in [1.165, 1.54) is 0 Å². The Morgan fingerprint density at radius 2 is 1.65 bits per heavy atom. The van der Waals surface area contributed by atoms with E-state index < -0.39 is 0 Å². The number of rotatable bonds is 4. The molecule has 17 heavy (non-hydrogen) atoms. The minimum Gasteiger partial charge on any atom is -0.496 e. The Morgan fingerprint density at radius 1 is 1.00 bits per heavy atom. The third kappa shape index (κ3) is 3.27. The van der Waals surface area contributed by atoms with E-state index in [1.54, 1.807) is 14.2 Å². The lowest BCUT2D eigenvalue weighted by molar-refractivity contribution is -0.106. The number of hydrogen-bond acceptors (Lipinski definition) is 4. The molecule has 1 aromatic rings. The Bertz CT molecular complexity index is 336. The van der Waals surface area contributed by atoms with Crippen molar-refractivity contribution >= 4 is 0 Å². The molecular formula is C13H18O4. The van der Waals surface area contributed by atoms with Crippen molar-refractivity contribution in [3.63, 3.8) is 0 Å². The summed E-state index contributed by atoms with van der Waals surface area (Å²) in [5.74, 6) is 2.15. The smallest absolute Gasteiger partial charge is 0.199 e. The van der Waals surface area contributed by atoms with Crippen LogP contribution < -0.4 is 14.2 Å². The van der Waals surface area contributed by atoms with Crippen LogP contribution in [0.2, 0.25) is 0 Å². The van der Waals surface area contributed by atoms with Gasteiger partial charge < -0.3 is 18.9 Å². The second kappa shape index (κ2) is 5.77. The zero-order chi connectivity index (χ0) is 12.1. The molecule has 2 rings (SSSR count). The summed E-state index contributed by atoms with van der Waals surface area (Å²) >= 11 is 0. The maximum absolute atomic E-state index is 5.76.